The van der Waals surface area contributed by atoms with Gasteiger partial charge in [-0.1, -0.05) is 43.1 Å². The number of aromatic hydroxyl groups is 1. The average Bonchev–Trinajstić information content (AvgIpc) is 3.08. The molecule has 0 saturated heterocycles. The number of fused-ring (bicyclic) bond motifs is 2. The zero-order chi connectivity index (χ0) is 22.0. The summed E-state index contributed by atoms with van der Waals surface area (Å²) in [5, 5.41) is 21.9. The van der Waals surface area contributed by atoms with E-state index in [4.69, 9.17) is 23.2 Å². The minimum Gasteiger partial charge on any atom is -0.506 e. The molecule has 0 saturated carbocycles. The van der Waals surface area contributed by atoms with Crippen LogP contribution >= 0.6 is 23.2 Å². The van der Waals surface area contributed by atoms with Crippen molar-refractivity contribution in [3.8, 4) is 5.75 Å². The molecular formula is C22H17Cl2NO5. The zero-order valence-electron chi connectivity index (χ0n) is 16.1. The van der Waals surface area contributed by atoms with E-state index in [2.05, 4.69) is 0 Å². The Morgan fingerprint density at radius 1 is 1.07 bits per heavy atom. The predicted octanol–water partition coefficient (Wildman–Crippen LogP) is 4.10. The summed E-state index contributed by atoms with van der Waals surface area (Å²) in [5.41, 5.74) is -1.40. The number of rotatable bonds is 3. The third kappa shape index (κ3) is 2.60. The number of carbonyl (C=O) groups excluding carboxylic acids is 3. The molecule has 1 amide bonds. The van der Waals surface area contributed by atoms with Crippen molar-refractivity contribution in [2.75, 3.05) is 4.90 Å². The molecule has 0 fully saturated rings. The monoisotopic (exact) mass is 445 g/mol. The molecule has 2 aromatic rings. The van der Waals surface area contributed by atoms with Crippen LogP contribution in [-0.2, 0) is 26.3 Å². The van der Waals surface area contributed by atoms with Crippen molar-refractivity contribution in [3.05, 3.63) is 68.9 Å². The molecule has 6 nitrogen and oxygen atoms in total. The lowest BCUT2D eigenvalue weighted by Gasteiger charge is -2.36. The minimum atomic E-state index is -1.91. The Hall–Kier alpha value is -2.83. The number of phenolic OH excluding ortho intramolecular Hbond substituents is 1. The fraction of sp³-hybridized carbons (Fsp3) is 0.227. The van der Waals surface area contributed by atoms with Crippen LogP contribution in [0.3, 0.4) is 0 Å². The number of phenols is 1. The first-order chi connectivity index (χ1) is 14.1. The van der Waals surface area contributed by atoms with E-state index in [1.807, 2.05) is 0 Å². The van der Waals surface area contributed by atoms with Gasteiger partial charge in [-0.15, -0.1) is 0 Å². The quantitative estimate of drug-likeness (QED) is 0.741. The molecule has 0 aromatic heterocycles. The number of halogens is 2. The molecule has 154 valence electrons. The highest BCUT2D eigenvalue weighted by molar-refractivity contribution is 6.32. The second-order valence-electron chi connectivity index (χ2n) is 7.63. The first-order valence-electron chi connectivity index (χ1n) is 9.23. The van der Waals surface area contributed by atoms with Crippen LogP contribution in [0, 0.1) is 5.92 Å². The minimum absolute atomic E-state index is 0.0817. The molecule has 2 N–H and O–H groups in total. The Morgan fingerprint density at radius 3 is 2.37 bits per heavy atom. The molecule has 1 aliphatic carbocycles. The summed E-state index contributed by atoms with van der Waals surface area (Å²) >= 11 is 12.2. The molecular weight excluding hydrogens is 429 g/mol. The molecule has 30 heavy (non-hydrogen) atoms. The number of aliphatic hydroxyl groups excluding tert-OH is 1. The summed E-state index contributed by atoms with van der Waals surface area (Å²) in [5.74, 6) is -3.73. The van der Waals surface area contributed by atoms with E-state index in [-0.39, 0.29) is 28.5 Å². The molecule has 8 heteroatoms. The average molecular weight is 446 g/mol. The SMILES string of the molecule is CC(C)C(=O)C1=C(O)C(=O)N(c2cc(Cl)ccc2O)C12C(=O)Cc1cc(Cl)ccc12. The standard InChI is InChI=1S/C22H17Cl2NO5/c1-10(2)19(28)18-20(29)21(30)25(15-9-13(24)4-6-16(15)26)22(18)14-5-3-12(23)7-11(14)8-17(22)27/h3-7,9-10,26,29H,8H2,1-2H3. The van der Waals surface area contributed by atoms with Crippen LogP contribution in [-0.4, -0.2) is 27.7 Å². The van der Waals surface area contributed by atoms with Gasteiger partial charge in [0.15, 0.2) is 22.9 Å². The lowest BCUT2D eigenvalue weighted by atomic mass is 9.78. The van der Waals surface area contributed by atoms with E-state index >= 15 is 0 Å². The topological polar surface area (TPSA) is 94.9 Å². The van der Waals surface area contributed by atoms with E-state index in [0.29, 0.717) is 16.1 Å². The fourth-order valence-corrected chi connectivity index (χ4v) is 4.59. The van der Waals surface area contributed by atoms with Gasteiger partial charge in [-0.25, -0.2) is 0 Å². The van der Waals surface area contributed by atoms with Crippen LogP contribution in [0.5, 0.6) is 5.75 Å². The summed E-state index contributed by atoms with van der Waals surface area (Å²) in [7, 11) is 0. The number of benzene rings is 2. The Balaban J connectivity index is 2.11. The van der Waals surface area contributed by atoms with Crippen LogP contribution in [0.15, 0.2) is 47.7 Å². The number of ketones is 2. The van der Waals surface area contributed by atoms with Gasteiger partial charge in [0.05, 0.1) is 11.3 Å². The molecule has 0 radical (unpaired) electrons. The zero-order valence-corrected chi connectivity index (χ0v) is 17.6. The van der Waals surface area contributed by atoms with Gasteiger partial charge in [0.1, 0.15) is 5.75 Å². The van der Waals surface area contributed by atoms with Gasteiger partial charge in [-0.2, -0.15) is 0 Å². The van der Waals surface area contributed by atoms with Crippen molar-refractivity contribution in [2.24, 2.45) is 5.92 Å². The van der Waals surface area contributed by atoms with Gasteiger partial charge >= 0.3 is 0 Å². The lowest BCUT2D eigenvalue weighted by molar-refractivity contribution is -0.126. The third-order valence-corrected chi connectivity index (χ3v) is 5.97. The van der Waals surface area contributed by atoms with Crippen LogP contribution < -0.4 is 4.90 Å². The van der Waals surface area contributed by atoms with Crippen molar-refractivity contribution in [1.82, 2.24) is 0 Å². The van der Waals surface area contributed by atoms with E-state index in [1.165, 1.54) is 18.2 Å². The highest BCUT2D eigenvalue weighted by Gasteiger charge is 2.64. The summed E-state index contributed by atoms with van der Waals surface area (Å²) in [6.07, 6.45) is -0.0941. The van der Waals surface area contributed by atoms with E-state index in [0.717, 1.165) is 4.90 Å². The van der Waals surface area contributed by atoms with Gasteiger partial charge in [0.25, 0.3) is 5.91 Å². The number of Topliss-reactive ketones (excluding diaryl/α,β-unsaturated/α-hetero) is 2. The first kappa shape index (κ1) is 20.4. The highest BCUT2D eigenvalue weighted by atomic mass is 35.5. The predicted molar refractivity (Wildman–Crippen MR) is 112 cm³/mol. The van der Waals surface area contributed by atoms with Crippen LogP contribution in [0.25, 0.3) is 0 Å². The number of carbonyl (C=O) groups is 3. The summed E-state index contributed by atoms with van der Waals surface area (Å²) in [4.78, 5) is 40.9. The highest BCUT2D eigenvalue weighted by Crippen LogP contribution is 2.54. The smallest absolute Gasteiger partial charge is 0.295 e. The maximum atomic E-state index is 13.5. The van der Waals surface area contributed by atoms with Gasteiger partial charge < -0.3 is 10.2 Å². The number of anilines is 1. The number of amides is 1. The largest absolute Gasteiger partial charge is 0.506 e. The maximum Gasteiger partial charge on any atom is 0.295 e. The number of aliphatic hydroxyl groups is 1. The Morgan fingerprint density at radius 2 is 1.70 bits per heavy atom. The fourth-order valence-electron chi connectivity index (χ4n) is 4.23. The van der Waals surface area contributed by atoms with Gasteiger partial charge in [-0.3, -0.25) is 19.3 Å². The van der Waals surface area contributed by atoms with Crippen molar-refractivity contribution in [1.29, 1.82) is 0 Å². The maximum absolute atomic E-state index is 13.5. The van der Waals surface area contributed by atoms with E-state index < -0.39 is 34.7 Å². The van der Waals surface area contributed by atoms with Crippen molar-refractivity contribution in [2.45, 2.75) is 25.8 Å². The Kier molecular flexibility index (Phi) is 4.67. The number of nitrogens with zero attached hydrogens (tertiary/aromatic N) is 1. The van der Waals surface area contributed by atoms with Crippen LogP contribution in [0.2, 0.25) is 10.0 Å². The van der Waals surface area contributed by atoms with Crippen LogP contribution in [0.4, 0.5) is 5.69 Å². The summed E-state index contributed by atoms with van der Waals surface area (Å²) in [6.45, 7) is 3.23. The second-order valence-corrected chi connectivity index (χ2v) is 8.50. The van der Waals surface area contributed by atoms with E-state index in [1.54, 1.807) is 32.0 Å². The van der Waals surface area contributed by atoms with Crippen molar-refractivity contribution in [3.63, 3.8) is 0 Å². The Labute approximate surface area is 182 Å². The summed E-state index contributed by atoms with van der Waals surface area (Å²) in [6, 6.07) is 8.72. The van der Waals surface area contributed by atoms with Crippen LogP contribution in [0.1, 0.15) is 25.0 Å². The van der Waals surface area contributed by atoms with Gasteiger partial charge in [0, 0.05) is 22.4 Å². The normalized spacial score (nSPS) is 20.6. The first-order valence-corrected chi connectivity index (χ1v) is 9.99. The molecule has 2 aromatic carbocycles. The molecule has 0 bridgehead atoms. The Bertz CT molecular complexity index is 1170. The lowest BCUT2D eigenvalue weighted by Crippen LogP contribution is -2.51. The number of hydrogen-bond acceptors (Lipinski definition) is 5. The van der Waals surface area contributed by atoms with Gasteiger partial charge in [-0.05, 0) is 41.5 Å². The second kappa shape index (κ2) is 6.86. The molecule has 1 heterocycles. The number of hydrogen-bond donors (Lipinski definition) is 2. The molecule has 4 rings (SSSR count). The molecule has 1 unspecified atom stereocenters. The molecule has 2 aliphatic rings. The molecule has 1 aliphatic heterocycles. The third-order valence-electron chi connectivity index (χ3n) is 5.50. The van der Waals surface area contributed by atoms with Crippen molar-refractivity contribution >= 4 is 46.4 Å². The summed E-state index contributed by atoms with van der Waals surface area (Å²) < 4.78 is 0. The molecule has 1 atom stereocenters. The van der Waals surface area contributed by atoms with E-state index in [9.17, 15) is 24.6 Å². The van der Waals surface area contributed by atoms with Crippen molar-refractivity contribution < 1.29 is 24.6 Å². The van der Waals surface area contributed by atoms with Gasteiger partial charge in [0.2, 0.25) is 0 Å². The molecule has 1 spiro atoms.